The molecule has 0 spiro atoms. The summed E-state index contributed by atoms with van der Waals surface area (Å²) in [5, 5.41) is 9.45. The van der Waals surface area contributed by atoms with Gasteiger partial charge >= 0.3 is 0 Å². The summed E-state index contributed by atoms with van der Waals surface area (Å²) in [7, 11) is -3.82. The third kappa shape index (κ3) is 2.95. The van der Waals surface area contributed by atoms with E-state index in [1.165, 1.54) is 6.07 Å². The lowest BCUT2D eigenvalue weighted by Crippen LogP contribution is -2.37. The molecule has 0 unspecified atom stereocenters. The Kier molecular flexibility index (Phi) is 4.43. The highest BCUT2D eigenvalue weighted by atomic mass is 35.5. The predicted octanol–water partition coefficient (Wildman–Crippen LogP) is 3.86. The van der Waals surface area contributed by atoms with E-state index >= 15 is 0 Å². The summed E-state index contributed by atoms with van der Waals surface area (Å²) in [6.45, 7) is 5.83. The van der Waals surface area contributed by atoms with Crippen LogP contribution >= 0.6 is 11.6 Å². The van der Waals surface area contributed by atoms with Crippen molar-refractivity contribution in [3.8, 4) is 0 Å². The van der Waals surface area contributed by atoms with Gasteiger partial charge in [-0.3, -0.25) is 0 Å². The van der Waals surface area contributed by atoms with Crippen LogP contribution in [0.2, 0.25) is 5.02 Å². The third-order valence-electron chi connectivity index (χ3n) is 4.46. The number of sulfone groups is 1. The van der Waals surface area contributed by atoms with Crippen LogP contribution in [-0.4, -0.2) is 29.9 Å². The van der Waals surface area contributed by atoms with Gasteiger partial charge in [0, 0.05) is 5.41 Å². The van der Waals surface area contributed by atoms with Gasteiger partial charge in [0.2, 0.25) is 5.89 Å². The highest BCUT2D eigenvalue weighted by Crippen LogP contribution is 2.38. The van der Waals surface area contributed by atoms with Crippen molar-refractivity contribution in [2.75, 3.05) is 0 Å². The van der Waals surface area contributed by atoms with Crippen LogP contribution in [0.25, 0.3) is 11.1 Å². The zero-order valence-electron chi connectivity index (χ0n) is 14.0. The first kappa shape index (κ1) is 17.7. The Labute approximate surface area is 146 Å². The van der Waals surface area contributed by atoms with E-state index in [0.29, 0.717) is 24.2 Å². The van der Waals surface area contributed by atoms with Gasteiger partial charge in [-0.15, -0.1) is 0 Å². The van der Waals surface area contributed by atoms with E-state index in [0.717, 1.165) is 12.8 Å². The molecular weight excluding hydrogens is 350 g/mol. The van der Waals surface area contributed by atoms with Gasteiger partial charge in [-0.2, -0.15) is 0 Å². The molecule has 1 fully saturated rings. The van der Waals surface area contributed by atoms with Crippen molar-refractivity contribution in [1.29, 1.82) is 0 Å². The van der Waals surface area contributed by atoms with Crippen LogP contribution in [0.4, 0.5) is 0 Å². The minimum absolute atomic E-state index is 0.0457. The van der Waals surface area contributed by atoms with E-state index in [4.69, 9.17) is 16.0 Å². The second kappa shape index (κ2) is 6.00. The SMILES string of the molecule is CC(C)(C)c1nc2ccc(Cl)c(S(=O)(=O)[C@H]3CCCC[C@@H]3O)c2o1. The number of benzene rings is 1. The number of fused-ring (bicyclic) bond motifs is 1. The van der Waals surface area contributed by atoms with E-state index in [1.807, 2.05) is 20.8 Å². The minimum Gasteiger partial charge on any atom is -0.439 e. The monoisotopic (exact) mass is 371 g/mol. The molecule has 5 nitrogen and oxygen atoms in total. The lowest BCUT2D eigenvalue weighted by molar-refractivity contribution is 0.133. The first-order chi connectivity index (χ1) is 11.1. The van der Waals surface area contributed by atoms with Gasteiger partial charge in [-0.25, -0.2) is 13.4 Å². The second-order valence-electron chi connectivity index (χ2n) is 7.43. The van der Waals surface area contributed by atoms with Crippen molar-refractivity contribution in [3.63, 3.8) is 0 Å². The Morgan fingerprint density at radius 3 is 2.54 bits per heavy atom. The van der Waals surface area contributed by atoms with Gasteiger partial charge in [0.1, 0.15) is 10.4 Å². The Bertz CT molecular complexity index is 867. The fraction of sp³-hybridized carbons (Fsp3) is 0.588. The Morgan fingerprint density at radius 1 is 1.25 bits per heavy atom. The zero-order chi connectivity index (χ0) is 17.7. The number of halogens is 1. The molecule has 1 aromatic carbocycles. The number of aliphatic hydroxyl groups is 1. The fourth-order valence-corrected chi connectivity index (χ4v) is 5.67. The van der Waals surface area contributed by atoms with E-state index < -0.39 is 21.2 Å². The fourth-order valence-electron chi connectivity index (χ4n) is 3.12. The molecule has 132 valence electrons. The molecule has 7 heteroatoms. The Morgan fingerprint density at radius 2 is 1.92 bits per heavy atom. The van der Waals surface area contributed by atoms with E-state index in [2.05, 4.69) is 4.98 Å². The van der Waals surface area contributed by atoms with Crippen LogP contribution in [0.1, 0.15) is 52.3 Å². The summed E-state index contributed by atoms with van der Waals surface area (Å²) >= 11 is 6.23. The molecule has 1 N–H and O–H groups in total. The molecule has 3 rings (SSSR count). The summed E-state index contributed by atoms with van der Waals surface area (Å²) in [4.78, 5) is 4.37. The van der Waals surface area contributed by atoms with Crippen molar-refractivity contribution in [3.05, 3.63) is 23.0 Å². The lowest BCUT2D eigenvalue weighted by atomic mass is 9.97. The highest BCUT2D eigenvalue weighted by Gasteiger charge is 2.39. The van der Waals surface area contributed by atoms with Gasteiger partial charge < -0.3 is 9.52 Å². The molecule has 24 heavy (non-hydrogen) atoms. The normalized spacial score (nSPS) is 22.9. The highest BCUT2D eigenvalue weighted by molar-refractivity contribution is 7.92. The number of aromatic nitrogens is 1. The van der Waals surface area contributed by atoms with Gasteiger partial charge in [0.25, 0.3) is 0 Å². The smallest absolute Gasteiger partial charge is 0.200 e. The molecular formula is C17H22ClNO4S. The maximum absolute atomic E-state index is 13.2. The summed E-state index contributed by atoms with van der Waals surface area (Å²) < 4.78 is 32.1. The summed E-state index contributed by atoms with van der Waals surface area (Å²) in [6.07, 6.45) is 1.65. The van der Waals surface area contributed by atoms with Crippen LogP contribution < -0.4 is 0 Å². The van der Waals surface area contributed by atoms with Crippen molar-refractivity contribution >= 4 is 32.5 Å². The zero-order valence-corrected chi connectivity index (χ0v) is 15.6. The molecule has 0 aliphatic heterocycles. The number of rotatable bonds is 2. The van der Waals surface area contributed by atoms with E-state index in [-0.39, 0.29) is 20.9 Å². The van der Waals surface area contributed by atoms with E-state index in [9.17, 15) is 13.5 Å². The topological polar surface area (TPSA) is 80.4 Å². The average molecular weight is 372 g/mol. The van der Waals surface area contributed by atoms with Crippen molar-refractivity contribution < 1.29 is 17.9 Å². The van der Waals surface area contributed by atoms with Gasteiger partial charge in [0.05, 0.1) is 16.4 Å². The molecule has 2 atom stereocenters. The van der Waals surface area contributed by atoms with Crippen molar-refractivity contribution in [1.82, 2.24) is 4.98 Å². The number of hydrogen-bond acceptors (Lipinski definition) is 5. The number of aliphatic hydroxyl groups excluding tert-OH is 1. The van der Waals surface area contributed by atoms with Crippen molar-refractivity contribution in [2.24, 2.45) is 0 Å². The first-order valence-corrected chi connectivity index (χ1v) is 10.1. The summed E-state index contributed by atoms with van der Waals surface area (Å²) in [6, 6.07) is 3.19. The predicted molar refractivity (Wildman–Crippen MR) is 93.2 cm³/mol. The van der Waals surface area contributed by atoms with Crippen LogP contribution in [0.15, 0.2) is 21.4 Å². The molecule has 0 bridgehead atoms. The largest absolute Gasteiger partial charge is 0.439 e. The maximum atomic E-state index is 13.2. The third-order valence-corrected chi connectivity index (χ3v) is 7.20. The Balaban J connectivity index is 2.21. The van der Waals surface area contributed by atoms with Crippen LogP contribution in [0, 0.1) is 0 Å². The molecule has 0 amide bonds. The number of nitrogens with zero attached hydrogens (tertiary/aromatic N) is 1. The first-order valence-electron chi connectivity index (χ1n) is 8.14. The molecule has 2 aromatic rings. The minimum atomic E-state index is -3.82. The standard InChI is InChI=1S/C17H22ClNO4S/c1-17(2,3)16-19-11-9-8-10(18)15(14(11)23-16)24(21,22)13-7-5-4-6-12(13)20/h8-9,12-13,20H,4-7H2,1-3H3/t12-,13-/m0/s1. The van der Waals surface area contributed by atoms with Gasteiger partial charge in [-0.05, 0) is 25.0 Å². The van der Waals surface area contributed by atoms with Crippen molar-refractivity contribution in [2.45, 2.75) is 68.1 Å². The molecule has 1 aliphatic rings. The van der Waals surface area contributed by atoms with Gasteiger partial charge in [0.15, 0.2) is 15.4 Å². The quantitative estimate of drug-likeness (QED) is 0.867. The van der Waals surface area contributed by atoms with E-state index in [1.54, 1.807) is 6.07 Å². The van der Waals surface area contributed by atoms with Crippen LogP contribution in [0.5, 0.6) is 0 Å². The molecule has 1 heterocycles. The maximum Gasteiger partial charge on any atom is 0.200 e. The number of oxazole rings is 1. The molecule has 0 saturated heterocycles. The molecule has 1 saturated carbocycles. The number of hydrogen-bond donors (Lipinski definition) is 1. The van der Waals surface area contributed by atoms with Crippen LogP contribution in [0.3, 0.4) is 0 Å². The molecule has 1 aliphatic carbocycles. The van der Waals surface area contributed by atoms with Gasteiger partial charge in [-0.1, -0.05) is 45.2 Å². The average Bonchev–Trinajstić information content (AvgIpc) is 2.91. The molecule has 1 aromatic heterocycles. The summed E-state index contributed by atoms with van der Waals surface area (Å²) in [5.41, 5.74) is 0.301. The van der Waals surface area contributed by atoms with Crippen LogP contribution in [-0.2, 0) is 15.3 Å². The summed E-state index contributed by atoms with van der Waals surface area (Å²) in [5.74, 6) is 0.459. The lowest BCUT2D eigenvalue weighted by Gasteiger charge is -2.27. The molecule has 0 radical (unpaired) electrons. The Hall–Kier alpha value is -1.11. The second-order valence-corrected chi connectivity index (χ2v) is 9.94.